The number of nitrogens with one attached hydrogen (secondary N) is 2. The smallest absolute Gasteiger partial charge is 0.335 e. The zero-order valence-electron chi connectivity index (χ0n) is 15.3. The minimum Gasteiger partial charge on any atom is -0.478 e. The van der Waals surface area contributed by atoms with Gasteiger partial charge in [0.2, 0.25) is 5.91 Å². The van der Waals surface area contributed by atoms with Gasteiger partial charge in [-0.05, 0) is 35.7 Å². The third-order valence-corrected chi connectivity index (χ3v) is 4.12. The molecule has 27 heavy (non-hydrogen) atoms. The monoisotopic (exact) mass is 368 g/mol. The number of hydrogen-bond donors (Lipinski definition) is 3. The Hall–Kier alpha value is -3.15. The highest BCUT2D eigenvalue weighted by Crippen LogP contribution is 2.10. The number of carboxylic acids is 1. The Morgan fingerprint density at radius 1 is 0.963 bits per heavy atom. The van der Waals surface area contributed by atoms with Crippen LogP contribution in [0.2, 0.25) is 0 Å². The van der Waals surface area contributed by atoms with E-state index in [0.717, 1.165) is 18.4 Å². The third-order valence-electron chi connectivity index (χ3n) is 4.12. The molecule has 0 aromatic heterocycles. The molecule has 0 aliphatic carbocycles. The Kier molecular flexibility index (Phi) is 7.55. The number of hydrogen-bond acceptors (Lipinski definition) is 3. The minimum absolute atomic E-state index is 0.000388. The van der Waals surface area contributed by atoms with E-state index in [1.807, 2.05) is 0 Å². The minimum atomic E-state index is -1.05. The molecule has 2 aromatic rings. The van der Waals surface area contributed by atoms with E-state index < -0.39 is 5.97 Å². The highest BCUT2D eigenvalue weighted by atomic mass is 16.4. The van der Waals surface area contributed by atoms with E-state index in [4.69, 9.17) is 5.11 Å². The zero-order valence-corrected chi connectivity index (χ0v) is 15.3. The quantitative estimate of drug-likeness (QED) is 0.593. The molecular weight excluding hydrogens is 344 g/mol. The molecule has 0 atom stereocenters. The maximum Gasteiger partial charge on any atom is 0.335 e. The summed E-state index contributed by atoms with van der Waals surface area (Å²) in [5, 5.41) is 14.8. The van der Waals surface area contributed by atoms with Crippen molar-refractivity contribution in [3.05, 3.63) is 70.8 Å². The first kappa shape index (κ1) is 20.2. The van der Waals surface area contributed by atoms with Gasteiger partial charge < -0.3 is 15.7 Å². The number of rotatable bonds is 9. The van der Waals surface area contributed by atoms with Crippen LogP contribution in [0.15, 0.2) is 48.5 Å². The van der Waals surface area contributed by atoms with E-state index in [2.05, 4.69) is 17.6 Å². The molecule has 0 saturated carbocycles. The lowest BCUT2D eigenvalue weighted by Gasteiger charge is -2.09. The van der Waals surface area contributed by atoms with Gasteiger partial charge in [0, 0.05) is 18.7 Å². The van der Waals surface area contributed by atoms with Crippen molar-refractivity contribution in [1.82, 2.24) is 10.6 Å². The second-order valence-corrected chi connectivity index (χ2v) is 6.22. The predicted molar refractivity (Wildman–Crippen MR) is 103 cm³/mol. The van der Waals surface area contributed by atoms with E-state index in [1.54, 1.807) is 42.5 Å². The van der Waals surface area contributed by atoms with Crippen molar-refractivity contribution in [2.24, 2.45) is 0 Å². The van der Waals surface area contributed by atoms with Crippen LogP contribution in [0.4, 0.5) is 0 Å². The molecule has 0 radical (unpaired) electrons. The summed E-state index contributed by atoms with van der Waals surface area (Å²) in [7, 11) is 0. The number of carbonyl (C=O) groups is 3. The molecule has 0 heterocycles. The number of carbonyl (C=O) groups excluding carboxylic acids is 2. The van der Waals surface area contributed by atoms with Crippen molar-refractivity contribution >= 4 is 17.8 Å². The summed E-state index contributed by atoms with van der Waals surface area (Å²) < 4.78 is 0. The van der Waals surface area contributed by atoms with Crippen LogP contribution >= 0.6 is 0 Å². The topological polar surface area (TPSA) is 95.5 Å². The van der Waals surface area contributed by atoms with Gasteiger partial charge in [-0.25, -0.2) is 4.79 Å². The Bertz CT molecular complexity index is 800. The summed E-state index contributed by atoms with van der Waals surface area (Å²) in [6.07, 6.45) is 1.97. The first-order chi connectivity index (χ1) is 13.0. The van der Waals surface area contributed by atoms with Crippen LogP contribution in [-0.2, 0) is 17.8 Å². The number of carboxylic acid groups (broad SMARTS) is 1. The van der Waals surface area contributed by atoms with Crippen molar-refractivity contribution in [3.8, 4) is 0 Å². The molecule has 142 valence electrons. The summed E-state index contributed by atoms with van der Waals surface area (Å²) in [4.78, 5) is 35.3. The average molecular weight is 368 g/mol. The molecule has 2 aromatic carbocycles. The molecule has 0 spiro atoms. The molecule has 0 fully saturated rings. The Balaban J connectivity index is 1.87. The van der Waals surface area contributed by atoms with Crippen LogP contribution in [0.25, 0.3) is 0 Å². The van der Waals surface area contributed by atoms with E-state index >= 15 is 0 Å². The summed E-state index contributed by atoms with van der Waals surface area (Å²) >= 11 is 0. The van der Waals surface area contributed by atoms with Gasteiger partial charge in [-0.15, -0.1) is 0 Å². The second kappa shape index (κ2) is 10.1. The number of benzene rings is 2. The predicted octanol–water partition coefficient (Wildman–Crippen LogP) is 2.77. The van der Waals surface area contributed by atoms with Crippen LogP contribution in [-0.4, -0.2) is 29.4 Å². The van der Waals surface area contributed by atoms with Crippen molar-refractivity contribution < 1.29 is 19.5 Å². The standard InChI is InChI=1S/C21H24N2O4/c1-2-3-12-22-20(25)16-10-8-15(9-11-16)14-23-19(24)13-17-6-4-5-7-18(17)21(26)27/h4-11H,2-3,12-14H2,1H3,(H,22,25)(H,23,24)(H,26,27). The molecule has 3 N–H and O–H groups in total. The summed E-state index contributed by atoms with van der Waals surface area (Å²) in [6.45, 7) is 3.03. The number of unbranched alkanes of at least 4 members (excludes halogenated alkanes) is 1. The van der Waals surface area contributed by atoms with Gasteiger partial charge in [-0.1, -0.05) is 43.7 Å². The van der Waals surface area contributed by atoms with Crippen LogP contribution in [0.3, 0.4) is 0 Å². The van der Waals surface area contributed by atoms with Crippen LogP contribution in [0, 0.1) is 0 Å². The average Bonchev–Trinajstić information content (AvgIpc) is 2.67. The molecule has 0 aliphatic rings. The molecule has 0 unspecified atom stereocenters. The van der Waals surface area contributed by atoms with Gasteiger partial charge in [0.25, 0.3) is 5.91 Å². The lowest BCUT2D eigenvalue weighted by Crippen LogP contribution is -2.26. The molecule has 0 saturated heterocycles. The van der Waals surface area contributed by atoms with Gasteiger partial charge in [0.05, 0.1) is 12.0 Å². The fraction of sp³-hybridized carbons (Fsp3) is 0.286. The fourth-order valence-electron chi connectivity index (χ4n) is 2.57. The maximum atomic E-state index is 12.1. The molecule has 2 rings (SSSR count). The Morgan fingerprint density at radius 3 is 2.33 bits per heavy atom. The largest absolute Gasteiger partial charge is 0.478 e. The first-order valence-corrected chi connectivity index (χ1v) is 8.96. The Labute approximate surface area is 158 Å². The lowest BCUT2D eigenvalue weighted by molar-refractivity contribution is -0.120. The maximum absolute atomic E-state index is 12.1. The fourth-order valence-corrected chi connectivity index (χ4v) is 2.57. The second-order valence-electron chi connectivity index (χ2n) is 6.22. The normalized spacial score (nSPS) is 10.3. The highest BCUT2D eigenvalue weighted by molar-refractivity contribution is 5.94. The molecular formula is C21H24N2O4. The molecule has 6 nitrogen and oxygen atoms in total. The van der Waals surface area contributed by atoms with E-state index in [0.29, 0.717) is 24.2 Å². The Morgan fingerprint density at radius 2 is 1.67 bits per heavy atom. The van der Waals surface area contributed by atoms with Gasteiger partial charge in [0.15, 0.2) is 0 Å². The van der Waals surface area contributed by atoms with Crippen molar-refractivity contribution in [3.63, 3.8) is 0 Å². The molecule has 6 heteroatoms. The van der Waals surface area contributed by atoms with Crippen molar-refractivity contribution in [2.45, 2.75) is 32.7 Å². The van der Waals surface area contributed by atoms with Gasteiger partial charge >= 0.3 is 5.97 Å². The zero-order chi connectivity index (χ0) is 19.6. The van der Waals surface area contributed by atoms with Gasteiger partial charge in [-0.3, -0.25) is 9.59 Å². The SMILES string of the molecule is CCCCNC(=O)c1ccc(CNC(=O)Cc2ccccc2C(=O)O)cc1. The molecule has 2 amide bonds. The summed E-state index contributed by atoms with van der Waals surface area (Å²) in [6, 6.07) is 13.5. The third kappa shape index (κ3) is 6.26. The number of aromatic carboxylic acids is 1. The van der Waals surface area contributed by atoms with Crippen LogP contribution in [0.5, 0.6) is 0 Å². The molecule has 0 aliphatic heterocycles. The van der Waals surface area contributed by atoms with E-state index in [1.165, 1.54) is 6.07 Å². The first-order valence-electron chi connectivity index (χ1n) is 8.96. The van der Waals surface area contributed by atoms with Crippen LogP contribution < -0.4 is 10.6 Å². The summed E-state index contributed by atoms with van der Waals surface area (Å²) in [5.74, 6) is -1.42. The van der Waals surface area contributed by atoms with Crippen LogP contribution in [0.1, 0.15) is 51.6 Å². The lowest BCUT2D eigenvalue weighted by atomic mass is 10.0. The highest BCUT2D eigenvalue weighted by Gasteiger charge is 2.12. The van der Waals surface area contributed by atoms with Gasteiger partial charge in [0.1, 0.15) is 0 Å². The van der Waals surface area contributed by atoms with E-state index in [-0.39, 0.29) is 23.8 Å². The molecule has 0 bridgehead atoms. The van der Waals surface area contributed by atoms with Crippen molar-refractivity contribution in [2.75, 3.05) is 6.54 Å². The van der Waals surface area contributed by atoms with Gasteiger partial charge in [-0.2, -0.15) is 0 Å². The van der Waals surface area contributed by atoms with Crippen molar-refractivity contribution in [1.29, 1.82) is 0 Å². The number of amides is 2. The summed E-state index contributed by atoms with van der Waals surface area (Å²) in [5.41, 5.74) is 2.05. The van der Waals surface area contributed by atoms with E-state index in [9.17, 15) is 14.4 Å².